The average Bonchev–Trinajstić information content (AvgIpc) is 3.14. The summed E-state index contributed by atoms with van der Waals surface area (Å²) in [6.45, 7) is 0.581. The van der Waals surface area contributed by atoms with Gasteiger partial charge in [0, 0.05) is 10.2 Å². The quantitative estimate of drug-likeness (QED) is 0.827. The number of carboxylic acid groups (broad SMARTS) is 1. The number of aliphatic carboxylic acids is 1. The molecule has 3 rings (SSSR count). The molecule has 4 heteroatoms. The third kappa shape index (κ3) is 2.52. The van der Waals surface area contributed by atoms with Gasteiger partial charge < -0.3 is 9.84 Å². The molecule has 1 aromatic rings. The Morgan fingerprint density at radius 2 is 2.05 bits per heavy atom. The minimum atomic E-state index is -0.714. The molecule has 1 saturated heterocycles. The molecular weight excluding hydrogens is 355 g/mol. The lowest BCUT2D eigenvalue weighted by Crippen LogP contribution is -2.42. The molecule has 0 radical (unpaired) electrons. The van der Waals surface area contributed by atoms with E-state index in [1.807, 2.05) is 24.3 Å². The van der Waals surface area contributed by atoms with Gasteiger partial charge in [0.2, 0.25) is 0 Å². The highest BCUT2D eigenvalue weighted by Gasteiger charge is 2.55. The topological polar surface area (TPSA) is 46.5 Å². The summed E-state index contributed by atoms with van der Waals surface area (Å²) in [5.41, 5.74) is 0.382. The molecule has 0 bridgehead atoms. The molecule has 1 aliphatic heterocycles. The molecule has 1 heterocycles. The second-order valence-electron chi connectivity index (χ2n) is 5.64. The summed E-state index contributed by atoms with van der Waals surface area (Å²) in [6.07, 6.45) is 3.36. The van der Waals surface area contributed by atoms with Crippen LogP contribution in [0.2, 0.25) is 0 Å². The molecule has 0 spiro atoms. The van der Waals surface area contributed by atoms with E-state index in [0.29, 0.717) is 25.4 Å². The Morgan fingerprint density at radius 3 is 2.63 bits per heavy atom. The first kappa shape index (κ1) is 13.4. The normalized spacial score (nSPS) is 30.5. The van der Waals surface area contributed by atoms with Gasteiger partial charge in [-0.25, -0.2) is 0 Å². The summed E-state index contributed by atoms with van der Waals surface area (Å²) in [7, 11) is 0. The molecule has 1 aliphatic carbocycles. The Labute approximate surface area is 126 Å². The van der Waals surface area contributed by atoms with Crippen molar-refractivity contribution in [3.63, 3.8) is 0 Å². The Balaban J connectivity index is 1.87. The lowest BCUT2D eigenvalue weighted by atomic mass is 9.74. The first-order valence-electron chi connectivity index (χ1n) is 6.71. The number of hydrogen-bond acceptors (Lipinski definition) is 2. The molecule has 2 fully saturated rings. The second kappa shape index (κ2) is 5.05. The van der Waals surface area contributed by atoms with Crippen LogP contribution in [0.15, 0.2) is 24.3 Å². The van der Waals surface area contributed by atoms with Gasteiger partial charge in [0.1, 0.15) is 5.41 Å². The fourth-order valence-corrected chi connectivity index (χ4v) is 3.48. The van der Waals surface area contributed by atoms with Gasteiger partial charge in [-0.05, 0) is 71.9 Å². The molecular formula is C15H17IO3. The first-order valence-corrected chi connectivity index (χ1v) is 7.79. The Kier molecular flexibility index (Phi) is 3.55. The number of ether oxygens (including phenoxy) is 1. The van der Waals surface area contributed by atoms with Gasteiger partial charge in [-0.3, -0.25) is 4.79 Å². The van der Waals surface area contributed by atoms with Gasteiger partial charge in [0.05, 0.1) is 6.10 Å². The fraction of sp³-hybridized carbons (Fsp3) is 0.533. The zero-order chi connectivity index (χ0) is 13.5. The Bertz CT molecular complexity index is 481. The van der Waals surface area contributed by atoms with Gasteiger partial charge >= 0.3 is 5.97 Å². The smallest absolute Gasteiger partial charge is 0.312 e. The highest BCUT2D eigenvalue weighted by atomic mass is 127. The monoisotopic (exact) mass is 372 g/mol. The summed E-state index contributed by atoms with van der Waals surface area (Å²) in [5, 5.41) is 9.75. The first-order chi connectivity index (χ1) is 9.12. The Hall–Kier alpha value is -0.620. The molecule has 2 atom stereocenters. The average molecular weight is 372 g/mol. The summed E-state index contributed by atoms with van der Waals surface area (Å²) >= 11 is 2.26. The zero-order valence-corrected chi connectivity index (χ0v) is 12.8. The van der Waals surface area contributed by atoms with E-state index < -0.39 is 11.4 Å². The maximum absolute atomic E-state index is 11.9. The van der Waals surface area contributed by atoms with Crippen LogP contribution in [0.1, 0.15) is 24.8 Å². The number of hydrogen-bond donors (Lipinski definition) is 1. The van der Waals surface area contributed by atoms with Crippen molar-refractivity contribution < 1.29 is 14.6 Å². The molecule has 0 aromatic heterocycles. The van der Waals surface area contributed by atoms with Crippen molar-refractivity contribution in [1.29, 1.82) is 0 Å². The second-order valence-corrected chi connectivity index (χ2v) is 6.89. The van der Waals surface area contributed by atoms with E-state index in [1.165, 1.54) is 3.57 Å². The van der Waals surface area contributed by atoms with E-state index in [-0.39, 0.29) is 6.10 Å². The molecule has 1 N–H and O–H groups in total. The lowest BCUT2D eigenvalue weighted by molar-refractivity contribution is -0.153. The molecule has 2 aliphatic rings. The van der Waals surface area contributed by atoms with Crippen molar-refractivity contribution in [2.24, 2.45) is 11.3 Å². The molecule has 19 heavy (non-hydrogen) atoms. The number of carbonyl (C=O) groups is 1. The summed E-state index contributed by atoms with van der Waals surface area (Å²) in [6, 6.07) is 8.14. The third-order valence-corrected chi connectivity index (χ3v) is 5.02. The minimum Gasteiger partial charge on any atom is -0.481 e. The van der Waals surface area contributed by atoms with Crippen molar-refractivity contribution in [2.45, 2.75) is 31.8 Å². The van der Waals surface area contributed by atoms with Crippen molar-refractivity contribution >= 4 is 28.6 Å². The molecule has 102 valence electrons. The van der Waals surface area contributed by atoms with Crippen LogP contribution in [0.3, 0.4) is 0 Å². The van der Waals surface area contributed by atoms with Gasteiger partial charge in [0.15, 0.2) is 0 Å². The van der Waals surface area contributed by atoms with Crippen LogP contribution in [-0.4, -0.2) is 23.8 Å². The minimum absolute atomic E-state index is 0.0933. The highest BCUT2D eigenvalue weighted by molar-refractivity contribution is 14.1. The van der Waals surface area contributed by atoms with E-state index in [4.69, 9.17) is 4.74 Å². The SMILES string of the molecule is O=C(O)C1(Cc2ccc(I)cc2)CCOC1C1CC1. The maximum atomic E-state index is 11.9. The van der Waals surface area contributed by atoms with Crippen LogP contribution >= 0.6 is 22.6 Å². The predicted molar refractivity (Wildman–Crippen MR) is 80.0 cm³/mol. The van der Waals surface area contributed by atoms with Gasteiger partial charge in [-0.2, -0.15) is 0 Å². The molecule has 2 unspecified atom stereocenters. The highest BCUT2D eigenvalue weighted by Crippen LogP contribution is 2.49. The Morgan fingerprint density at radius 1 is 1.37 bits per heavy atom. The number of benzene rings is 1. The molecule has 1 saturated carbocycles. The number of rotatable bonds is 4. The maximum Gasteiger partial charge on any atom is 0.312 e. The van der Waals surface area contributed by atoms with Crippen LogP contribution in [0.5, 0.6) is 0 Å². The van der Waals surface area contributed by atoms with Gasteiger partial charge in [-0.1, -0.05) is 12.1 Å². The van der Waals surface area contributed by atoms with E-state index in [0.717, 1.165) is 18.4 Å². The van der Waals surface area contributed by atoms with Gasteiger partial charge in [0.25, 0.3) is 0 Å². The fourth-order valence-electron chi connectivity index (χ4n) is 3.12. The van der Waals surface area contributed by atoms with Gasteiger partial charge in [-0.15, -0.1) is 0 Å². The van der Waals surface area contributed by atoms with Crippen LogP contribution in [0.4, 0.5) is 0 Å². The molecule has 1 aromatic carbocycles. The number of carboxylic acids is 1. The van der Waals surface area contributed by atoms with E-state index >= 15 is 0 Å². The largest absolute Gasteiger partial charge is 0.481 e. The standard InChI is InChI=1S/C15H17IO3/c16-12-5-1-10(2-6-12)9-15(14(17)18)7-8-19-13(15)11-3-4-11/h1-2,5-6,11,13H,3-4,7-9H2,(H,17,18). The predicted octanol–water partition coefficient (Wildman–Crippen LogP) is 3.10. The van der Waals surface area contributed by atoms with Crippen LogP contribution in [0, 0.1) is 14.9 Å². The summed E-state index contributed by atoms with van der Waals surface area (Å²) < 4.78 is 6.94. The number of halogens is 1. The lowest BCUT2D eigenvalue weighted by Gasteiger charge is -2.30. The van der Waals surface area contributed by atoms with Crippen molar-refractivity contribution in [3.8, 4) is 0 Å². The zero-order valence-electron chi connectivity index (χ0n) is 10.6. The van der Waals surface area contributed by atoms with E-state index in [2.05, 4.69) is 22.6 Å². The molecule has 3 nitrogen and oxygen atoms in total. The van der Waals surface area contributed by atoms with E-state index in [1.54, 1.807) is 0 Å². The van der Waals surface area contributed by atoms with Crippen molar-refractivity contribution in [3.05, 3.63) is 33.4 Å². The summed E-state index contributed by atoms with van der Waals surface area (Å²) in [4.78, 5) is 11.9. The van der Waals surface area contributed by atoms with Crippen LogP contribution in [0.25, 0.3) is 0 Å². The summed E-state index contributed by atoms with van der Waals surface area (Å²) in [5.74, 6) is -0.233. The molecule has 0 amide bonds. The van der Waals surface area contributed by atoms with Crippen molar-refractivity contribution in [2.75, 3.05) is 6.61 Å². The van der Waals surface area contributed by atoms with Crippen LogP contribution < -0.4 is 0 Å². The van der Waals surface area contributed by atoms with Crippen molar-refractivity contribution in [1.82, 2.24) is 0 Å². The van der Waals surface area contributed by atoms with Crippen LogP contribution in [-0.2, 0) is 16.0 Å². The third-order valence-electron chi connectivity index (χ3n) is 4.30. The van der Waals surface area contributed by atoms with E-state index in [9.17, 15) is 9.90 Å².